The average Bonchev–Trinajstić information content (AvgIpc) is 3.45. The van der Waals surface area contributed by atoms with Crippen LogP contribution in [0.2, 0.25) is 0 Å². The molecule has 8 heteroatoms. The van der Waals surface area contributed by atoms with Crippen molar-refractivity contribution >= 4 is 17.3 Å². The van der Waals surface area contributed by atoms with Crippen LogP contribution in [-0.2, 0) is 24.2 Å². The number of carbonyl (C=O) groups excluding carboxylic acids is 1. The molecule has 0 aliphatic carbocycles. The predicted octanol–water partition coefficient (Wildman–Crippen LogP) is 4.11. The van der Waals surface area contributed by atoms with Crippen LogP contribution < -0.4 is 10.2 Å². The highest BCUT2D eigenvalue weighted by Gasteiger charge is 2.25. The summed E-state index contributed by atoms with van der Waals surface area (Å²) < 4.78 is 15.2. The second-order valence-electron chi connectivity index (χ2n) is 8.51. The van der Waals surface area contributed by atoms with Crippen molar-refractivity contribution in [2.24, 2.45) is 0 Å². The van der Waals surface area contributed by atoms with E-state index in [1.165, 1.54) is 33.6 Å². The number of tetrazole rings is 1. The molecule has 0 spiro atoms. The third-order valence-electron chi connectivity index (χ3n) is 6.15. The second kappa shape index (κ2) is 9.43. The summed E-state index contributed by atoms with van der Waals surface area (Å²) in [5.74, 6) is -0.0972. The number of amides is 1. The van der Waals surface area contributed by atoms with Crippen LogP contribution in [-0.4, -0.2) is 32.7 Å². The molecule has 0 fully saturated rings. The number of hydrogen-bond donors (Lipinski definition) is 1. The first-order valence-electron chi connectivity index (χ1n) is 11.3. The van der Waals surface area contributed by atoms with Crippen LogP contribution in [0.1, 0.15) is 28.6 Å². The summed E-state index contributed by atoms with van der Waals surface area (Å²) in [6, 6.07) is 21.9. The van der Waals surface area contributed by atoms with E-state index in [1.807, 2.05) is 24.3 Å². The van der Waals surface area contributed by atoms with Crippen LogP contribution in [0.25, 0.3) is 0 Å². The third-order valence-corrected chi connectivity index (χ3v) is 6.15. The SMILES string of the molecule is Cc1nnnn1C(Cc1cccc(F)c1)C(=O)Nc1ccc(CN2CCc3ccccc32)cc1. The molecule has 0 bridgehead atoms. The highest BCUT2D eigenvalue weighted by Crippen LogP contribution is 2.29. The van der Waals surface area contributed by atoms with Crippen LogP contribution in [0, 0.1) is 12.7 Å². The molecule has 1 N–H and O–H groups in total. The van der Waals surface area contributed by atoms with Gasteiger partial charge >= 0.3 is 0 Å². The maximum absolute atomic E-state index is 13.7. The number of carbonyl (C=O) groups is 1. The van der Waals surface area contributed by atoms with E-state index in [4.69, 9.17) is 0 Å². The average molecular weight is 457 g/mol. The Morgan fingerprint density at radius 2 is 1.88 bits per heavy atom. The van der Waals surface area contributed by atoms with Gasteiger partial charge in [0.2, 0.25) is 5.91 Å². The lowest BCUT2D eigenvalue weighted by molar-refractivity contribution is -0.119. The van der Waals surface area contributed by atoms with E-state index in [-0.39, 0.29) is 18.1 Å². The van der Waals surface area contributed by atoms with Gasteiger partial charge in [0.25, 0.3) is 0 Å². The zero-order chi connectivity index (χ0) is 23.5. The molecule has 172 valence electrons. The van der Waals surface area contributed by atoms with Gasteiger partial charge in [-0.25, -0.2) is 9.07 Å². The van der Waals surface area contributed by atoms with Gasteiger partial charge in [-0.15, -0.1) is 5.10 Å². The zero-order valence-electron chi connectivity index (χ0n) is 18.9. The molecule has 5 rings (SSSR count). The molecule has 0 radical (unpaired) electrons. The Labute approximate surface area is 197 Å². The van der Waals surface area contributed by atoms with E-state index in [0.717, 1.165) is 19.5 Å². The maximum atomic E-state index is 13.7. The van der Waals surface area contributed by atoms with E-state index in [9.17, 15) is 9.18 Å². The van der Waals surface area contributed by atoms with Crippen molar-refractivity contribution in [3.63, 3.8) is 0 Å². The molecule has 1 aliphatic heterocycles. The first kappa shape index (κ1) is 21.8. The van der Waals surface area contributed by atoms with Gasteiger partial charge in [0.1, 0.15) is 17.7 Å². The summed E-state index contributed by atoms with van der Waals surface area (Å²) in [6.45, 7) is 3.55. The van der Waals surface area contributed by atoms with E-state index in [1.54, 1.807) is 19.1 Å². The number of para-hydroxylation sites is 1. The second-order valence-corrected chi connectivity index (χ2v) is 8.51. The summed E-state index contributed by atoms with van der Waals surface area (Å²) in [6.07, 6.45) is 1.33. The summed E-state index contributed by atoms with van der Waals surface area (Å²) >= 11 is 0. The lowest BCUT2D eigenvalue weighted by atomic mass is 10.0. The quantitative estimate of drug-likeness (QED) is 0.453. The van der Waals surface area contributed by atoms with Crippen molar-refractivity contribution in [1.82, 2.24) is 20.2 Å². The molecule has 1 aliphatic rings. The number of anilines is 2. The van der Waals surface area contributed by atoms with Crippen molar-refractivity contribution in [3.8, 4) is 0 Å². The summed E-state index contributed by atoms with van der Waals surface area (Å²) in [5, 5.41) is 14.5. The number of fused-ring (bicyclic) bond motifs is 1. The normalized spacial score (nSPS) is 13.5. The molecule has 7 nitrogen and oxygen atoms in total. The molecular weight excluding hydrogens is 431 g/mol. The van der Waals surface area contributed by atoms with E-state index in [2.05, 4.69) is 50.0 Å². The molecule has 1 aromatic heterocycles. The van der Waals surface area contributed by atoms with Crippen molar-refractivity contribution in [2.75, 3.05) is 16.8 Å². The number of aromatic nitrogens is 4. The molecule has 2 heterocycles. The first-order chi connectivity index (χ1) is 16.6. The van der Waals surface area contributed by atoms with Crippen LogP contribution in [0.5, 0.6) is 0 Å². The molecule has 4 aromatic rings. The fraction of sp³-hybridized carbons (Fsp3) is 0.231. The lowest BCUT2D eigenvalue weighted by Crippen LogP contribution is -2.29. The Bertz CT molecular complexity index is 1300. The molecular formula is C26H25FN6O. The summed E-state index contributed by atoms with van der Waals surface area (Å²) in [4.78, 5) is 15.6. The Balaban J connectivity index is 1.29. The molecule has 3 aromatic carbocycles. The molecule has 0 saturated heterocycles. The van der Waals surface area contributed by atoms with Crippen molar-refractivity contribution in [1.29, 1.82) is 0 Å². The third kappa shape index (κ3) is 4.66. The van der Waals surface area contributed by atoms with Crippen molar-refractivity contribution < 1.29 is 9.18 Å². The Hall–Kier alpha value is -4.07. The fourth-order valence-corrected chi connectivity index (χ4v) is 4.41. The number of halogens is 1. The minimum atomic E-state index is -0.711. The maximum Gasteiger partial charge on any atom is 0.249 e. The highest BCUT2D eigenvalue weighted by atomic mass is 19.1. The lowest BCUT2D eigenvalue weighted by Gasteiger charge is -2.20. The van der Waals surface area contributed by atoms with Crippen LogP contribution in [0.15, 0.2) is 72.8 Å². The van der Waals surface area contributed by atoms with Gasteiger partial charge in [0.05, 0.1) is 0 Å². The zero-order valence-corrected chi connectivity index (χ0v) is 18.9. The smallest absolute Gasteiger partial charge is 0.249 e. The van der Waals surface area contributed by atoms with Gasteiger partial charge in [0.15, 0.2) is 0 Å². The van der Waals surface area contributed by atoms with Gasteiger partial charge in [-0.1, -0.05) is 42.5 Å². The summed E-state index contributed by atoms with van der Waals surface area (Å²) in [7, 11) is 0. The molecule has 1 amide bonds. The number of aryl methyl sites for hydroxylation is 1. The van der Waals surface area contributed by atoms with Gasteiger partial charge in [-0.2, -0.15) is 0 Å². The van der Waals surface area contributed by atoms with Crippen LogP contribution in [0.3, 0.4) is 0 Å². The van der Waals surface area contributed by atoms with Gasteiger partial charge in [-0.05, 0) is 70.8 Å². The van der Waals surface area contributed by atoms with E-state index in [0.29, 0.717) is 17.1 Å². The topological polar surface area (TPSA) is 75.9 Å². The van der Waals surface area contributed by atoms with Gasteiger partial charge in [0, 0.05) is 30.9 Å². The number of nitrogens with one attached hydrogen (secondary N) is 1. The van der Waals surface area contributed by atoms with Crippen LogP contribution >= 0.6 is 0 Å². The largest absolute Gasteiger partial charge is 0.367 e. The minimum Gasteiger partial charge on any atom is -0.367 e. The fourth-order valence-electron chi connectivity index (χ4n) is 4.41. The van der Waals surface area contributed by atoms with Crippen molar-refractivity contribution in [2.45, 2.75) is 32.4 Å². The van der Waals surface area contributed by atoms with Crippen LogP contribution in [0.4, 0.5) is 15.8 Å². The monoisotopic (exact) mass is 456 g/mol. The van der Waals surface area contributed by atoms with E-state index < -0.39 is 6.04 Å². The predicted molar refractivity (Wildman–Crippen MR) is 128 cm³/mol. The van der Waals surface area contributed by atoms with E-state index >= 15 is 0 Å². The summed E-state index contributed by atoms with van der Waals surface area (Å²) in [5.41, 5.74) is 5.22. The van der Waals surface area contributed by atoms with Gasteiger partial charge in [-0.3, -0.25) is 4.79 Å². The first-order valence-corrected chi connectivity index (χ1v) is 11.3. The Kier molecular flexibility index (Phi) is 6.03. The number of rotatable bonds is 7. The number of benzene rings is 3. The Morgan fingerprint density at radius 1 is 1.06 bits per heavy atom. The number of hydrogen-bond acceptors (Lipinski definition) is 5. The number of nitrogens with zero attached hydrogens (tertiary/aromatic N) is 5. The standard InChI is InChI=1S/C26H25FN6O/c1-18-29-30-31-33(18)25(16-20-5-4-7-22(27)15-20)26(34)28-23-11-9-19(10-12-23)17-32-14-13-21-6-2-3-8-24(21)32/h2-12,15,25H,13-14,16-17H2,1H3,(H,28,34). The Morgan fingerprint density at radius 3 is 2.65 bits per heavy atom. The molecule has 1 atom stereocenters. The molecule has 0 saturated carbocycles. The van der Waals surface area contributed by atoms with Crippen molar-refractivity contribution in [3.05, 3.63) is 101 Å². The minimum absolute atomic E-state index is 0.263. The van der Waals surface area contributed by atoms with Gasteiger partial charge < -0.3 is 10.2 Å². The molecule has 34 heavy (non-hydrogen) atoms. The highest BCUT2D eigenvalue weighted by molar-refractivity contribution is 5.93. The molecule has 1 unspecified atom stereocenters.